The van der Waals surface area contributed by atoms with Crippen molar-refractivity contribution < 1.29 is 0 Å². The number of aryl methyl sites for hydroxylation is 1. The van der Waals surface area contributed by atoms with Gasteiger partial charge in [0.2, 0.25) is 0 Å². The molecule has 14 heavy (non-hydrogen) atoms. The van der Waals surface area contributed by atoms with Crippen LogP contribution in [0.2, 0.25) is 0 Å². The zero-order valence-electron chi connectivity index (χ0n) is 8.90. The fraction of sp³-hybridized carbons (Fsp3) is 0.778. The number of nitrogens with zero attached hydrogens (tertiary/aromatic N) is 3. The van der Waals surface area contributed by atoms with E-state index < -0.39 is 0 Å². The van der Waals surface area contributed by atoms with E-state index >= 15 is 0 Å². The minimum atomic E-state index is 0.304. The Bertz CT molecular complexity index is 257. The van der Waals surface area contributed by atoms with Gasteiger partial charge in [0.05, 0.1) is 0 Å². The van der Waals surface area contributed by atoms with Crippen LogP contribution in [0.3, 0.4) is 0 Å². The fourth-order valence-corrected chi connectivity index (χ4v) is 1.42. The first-order valence-electron chi connectivity index (χ1n) is 5.07. The SMILES string of the molecule is CCCCC(Cc1ncnn1C)NN. The molecule has 0 aromatic carbocycles. The number of hydrogen-bond donors (Lipinski definition) is 2. The summed E-state index contributed by atoms with van der Waals surface area (Å²) in [5, 5.41) is 4.02. The van der Waals surface area contributed by atoms with Gasteiger partial charge in [-0.3, -0.25) is 16.0 Å². The van der Waals surface area contributed by atoms with Crippen LogP contribution in [-0.4, -0.2) is 20.8 Å². The molecule has 0 aliphatic rings. The molecule has 0 bridgehead atoms. The molecular weight excluding hydrogens is 178 g/mol. The predicted octanol–water partition coefficient (Wildman–Crippen LogP) is 0.380. The zero-order valence-corrected chi connectivity index (χ0v) is 8.90. The molecule has 0 aliphatic carbocycles. The van der Waals surface area contributed by atoms with Gasteiger partial charge in [-0.25, -0.2) is 4.98 Å². The summed E-state index contributed by atoms with van der Waals surface area (Å²) in [5.41, 5.74) is 2.82. The zero-order chi connectivity index (χ0) is 10.4. The number of hydrazine groups is 1. The minimum Gasteiger partial charge on any atom is -0.271 e. The van der Waals surface area contributed by atoms with Crippen LogP contribution in [0.1, 0.15) is 32.0 Å². The predicted molar refractivity (Wildman–Crippen MR) is 55.3 cm³/mol. The average molecular weight is 197 g/mol. The van der Waals surface area contributed by atoms with Gasteiger partial charge in [0, 0.05) is 19.5 Å². The van der Waals surface area contributed by atoms with Crippen molar-refractivity contribution in [3.05, 3.63) is 12.2 Å². The van der Waals surface area contributed by atoms with Crippen molar-refractivity contribution in [3.8, 4) is 0 Å². The molecule has 5 nitrogen and oxygen atoms in total. The summed E-state index contributed by atoms with van der Waals surface area (Å²) in [5.74, 6) is 6.45. The molecule has 0 amide bonds. The molecule has 1 rings (SSSR count). The van der Waals surface area contributed by atoms with Crippen LogP contribution >= 0.6 is 0 Å². The summed E-state index contributed by atoms with van der Waals surface area (Å²) >= 11 is 0. The molecule has 1 aromatic rings. The lowest BCUT2D eigenvalue weighted by atomic mass is 10.1. The number of rotatable bonds is 6. The molecule has 1 heterocycles. The Morgan fingerprint density at radius 3 is 2.93 bits per heavy atom. The van der Waals surface area contributed by atoms with Gasteiger partial charge in [-0.15, -0.1) is 0 Å². The van der Waals surface area contributed by atoms with E-state index in [2.05, 4.69) is 22.4 Å². The summed E-state index contributed by atoms with van der Waals surface area (Å²) in [6.45, 7) is 2.18. The van der Waals surface area contributed by atoms with E-state index in [1.165, 1.54) is 12.8 Å². The minimum absolute atomic E-state index is 0.304. The molecule has 0 spiro atoms. The Labute approximate surface area is 84.7 Å². The Morgan fingerprint density at radius 1 is 1.64 bits per heavy atom. The quantitative estimate of drug-likeness (QED) is 0.511. The van der Waals surface area contributed by atoms with Crippen molar-refractivity contribution in [1.29, 1.82) is 0 Å². The van der Waals surface area contributed by atoms with E-state index in [0.29, 0.717) is 6.04 Å². The van der Waals surface area contributed by atoms with E-state index in [9.17, 15) is 0 Å². The summed E-state index contributed by atoms with van der Waals surface area (Å²) in [7, 11) is 1.90. The maximum Gasteiger partial charge on any atom is 0.138 e. The number of aromatic nitrogens is 3. The highest BCUT2D eigenvalue weighted by molar-refractivity contribution is 4.88. The van der Waals surface area contributed by atoms with Gasteiger partial charge in [0.25, 0.3) is 0 Å². The first-order valence-corrected chi connectivity index (χ1v) is 5.07. The van der Waals surface area contributed by atoms with Gasteiger partial charge < -0.3 is 0 Å². The molecule has 0 saturated carbocycles. The van der Waals surface area contributed by atoms with Crippen LogP contribution in [0.25, 0.3) is 0 Å². The van der Waals surface area contributed by atoms with Crippen LogP contribution < -0.4 is 11.3 Å². The molecule has 80 valence electrons. The Balaban J connectivity index is 2.44. The van der Waals surface area contributed by atoms with Crippen LogP contribution in [0.4, 0.5) is 0 Å². The maximum atomic E-state index is 5.47. The lowest BCUT2D eigenvalue weighted by Crippen LogP contribution is -2.37. The third-order valence-electron chi connectivity index (χ3n) is 2.38. The molecule has 1 aromatic heterocycles. The maximum absolute atomic E-state index is 5.47. The van der Waals surface area contributed by atoms with Crippen LogP contribution in [0, 0.1) is 0 Å². The van der Waals surface area contributed by atoms with E-state index in [-0.39, 0.29) is 0 Å². The summed E-state index contributed by atoms with van der Waals surface area (Å²) < 4.78 is 1.79. The lowest BCUT2D eigenvalue weighted by molar-refractivity contribution is 0.457. The lowest BCUT2D eigenvalue weighted by Gasteiger charge is -2.14. The Kier molecular flexibility index (Phi) is 4.55. The van der Waals surface area contributed by atoms with E-state index in [1.54, 1.807) is 11.0 Å². The standard InChI is InChI=1S/C9H19N5/c1-3-4-5-8(13-10)6-9-11-7-12-14(9)2/h7-8,13H,3-6,10H2,1-2H3. The van der Waals surface area contributed by atoms with Crippen molar-refractivity contribution in [2.24, 2.45) is 12.9 Å². The highest BCUT2D eigenvalue weighted by atomic mass is 15.3. The molecule has 0 saturated heterocycles. The van der Waals surface area contributed by atoms with Crippen molar-refractivity contribution >= 4 is 0 Å². The highest BCUT2D eigenvalue weighted by Crippen LogP contribution is 2.05. The van der Waals surface area contributed by atoms with Gasteiger partial charge in [-0.1, -0.05) is 19.8 Å². The fourth-order valence-electron chi connectivity index (χ4n) is 1.42. The number of nitrogens with two attached hydrogens (primary N) is 1. The van der Waals surface area contributed by atoms with Crippen molar-refractivity contribution in [2.45, 2.75) is 38.6 Å². The van der Waals surface area contributed by atoms with E-state index in [0.717, 1.165) is 18.7 Å². The van der Waals surface area contributed by atoms with E-state index in [1.807, 2.05) is 7.05 Å². The first kappa shape index (κ1) is 11.1. The van der Waals surface area contributed by atoms with Gasteiger partial charge in [-0.2, -0.15) is 5.10 Å². The largest absolute Gasteiger partial charge is 0.271 e. The topological polar surface area (TPSA) is 68.8 Å². The second kappa shape index (κ2) is 5.72. The van der Waals surface area contributed by atoms with Crippen molar-refractivity contribution in [1.82, 2.24) is 20.2 Å². The monoisotopic (exact) mass is 197 g/mol. The van der Waals surface area contributed by atoms with Gasteiger partial charge >= 0.3 is 0 Å². The second-order valence-corrected chi connectivity index (χ2v) is 3.51. The normalized spacial score (nSPS) is 13.1. The molecule has 1 atom stereocenters. The van der Waals surface area contributed by atoms with Crippen LogP contribution in [0.5, 0.6) is 0 Å². The van der Waals surface area contributed by atoms with Crippen molar-refractivity contribution in [2.75, 3.05) is 0 Å². The number of hydrogen-bond acceptors (Lipinski definition) is 4. The molecule has 1 unspecified atom stereocenters. The summed E-state index contributed by atoms with van der Waals surface area (Å²) in [6, 6.07) is 0.304. The summed E-state index contributed by atoms with van der Waals surface area (Å²) in [4.78, 5) is 4.17. The molecule has 0 fully saturated rings. The van der Waals surface area contributed by atoms with Gasteiger partial charge in [0.1, 0.15) is 12.2 Å². The third-order valence-corrected chi connectivity index (χ3v) is 2.38. The third kappa shape index (κ3) is 3.08. The Morgan fingerprint density at radius 2 is 2.43 bits per heavy atom. The molecule has 5 heteroatoms. The van der Waals surface area contributed by atoms with Gasteiger partial charge in [0.15, 0.2) is 0 Å². The van der Waals surface area contributed by atoms with Crippen molar-refractivity contribution in [3.63, 3.8) is 0 Å². The smallest absolute Gasteiger partial charge is 0.138 e. The second-order valence-electron chi connectivity index (χ2n) is 3.51. The molecule has 0 radical (unpaired) electrons. The number of nitrogens with one attached hydrogen (secondary N) is 1. The van der Waals surface area contributed by atoms with E-state index in [4.69, 9.17) is 5.84 Å². The molecule has 3 N–H and O–H groups in total. The van der Waals surface area contributed by atoms with Crippen LogP contribution in [-0.2, 0) is 13.5 Å². The summed E-state index contributed by atoms with van der Waals surface area (Å²) in [6.07, 6.45) is 5.87. The molecule has 0 aliphatic heterocycles. The average Bonchev–Trinajstić information content (AvgIpc) is 2.59. The first-order chi connectivity index (χ1) is 6.77. The van der Waals surface area contributed by atoms with Crippen LogP contribution in [0.15, 0.2) is 6.33 Å². The Hall–Kier alpha value is -0.940. The molecular formula is C9H19N5. The highest BCUT2D eigenvalue weighted by Gasteiger charge is 2.10. The number of unbranched alkanes of at least 4 members (excludes halogenated alkanes) is 1. The van der Waals surface area contributed by atoms with Gasteiger partial charge in [-0.05, 0) is 6.42 Å².